The second-order valence-electron chi connectivity index (χ2n) is 3.17. The minimum Gasteiger partial charge on any atom is -0.308 e. The summed E-state index contributed by atoms with van der Waals surface area (Å²) in [5, 5.41) is 3.34. The van der Waals surface area contributed by atoms with Gasteiger partial charge >= 0.3 is 0 Å². The smallest absolute Gasteiger partial charge is 0.0931 e. The van der Waals surface area contributed by atoms with Gasteiger partial charge in [0.05, 0.1) is 4.34 Å². The Bertz CT molecular complexity index is 414. The van der Waals surface area contributed by atoms with Crippen LogP contribution in [0.1, 0.15) is 10.4 Å². The maximum Gasteiger partial charge on any atom is 0.0931 e. The summed E-state index contributed by atoms with van der Waals surface area (Å²) in [4.78, 5) is 5.31. The number of hydrogen-bond donors (Lipinski definition) is 1. The van der Waals surface area contributed by atoms with Crippen LogP contribution in [0.2, 0.25) is 4.34 Å². The zero-order chi connectivity index (χ0) is 10.5. The van der Waals surface area contributed by atoms with Gasteiger partial charge in [0.2, 0.25) is 0 Å². The third-order valence-electron chi connectivity index (χ3n) is 1.98. The van der Waals surface area contributed by atoms with Gasteiger partial charge in [-0.25, -0.2) is 0 Å². The number of hydrogen-bond acceptors (Lipinski definition) is 3. The lowest BCUT2D eigenvalue weighted by Gasteiger charge is -2.01. The first-order chi connectivity index (χ1) is 7.34. The van der Waals surface area contributed by atoms with Gasteiger partial charge in [0, 0.05) is 30.4 Å². The molecule has 0 saturated carbocycles. The van der Waals surface area contributed by atoms with E-state index in [2.05, 4.69) is 16.4 Å². The first kappa shape index (κ1) is 10.6. The van der Waals surface area contributed by atoms with Gasteiger partial charge in [0.1, 0.15) is 0 Å². The van der Waals surface area contributed by atoms with E-state index in [0.29, 0.717) is 0 Å². The van der Waals surface area contributed by atoms with Crippen molar-refractivity contribution in [2.24, 2.45) is 0 Å². The minimum absolute atomic E-state index is 0.837. The average molecular weight is 239 g/mol. The molecule has 0 bridgehead atoms. The third kappa shape index (κ3) is 3.30. The van der Waals surface area contributed by atoms with Crippen LogP contribution in [0, 0.1) is 0 Å². The van der Waals surface area contributed by atoms with Crippen molar-refractivity contribution in [1.82, 2.24) is 10.3 Å². The van der Waals surface area contributed by atoms with Crippen molar-refractivity contribution in [2.45, 2.75) is 13.1 Å². The molecule has 0 saturated heterocycles. The van der Waals surface area contributed by atoms with Gasteiger partial charge in [-0.05, 0) is 23.8 Å². The van der Waals surface area contributed by atoms with Crippen LogP contribution in [-0.2, 0) is 13.1 Å². The Kier molecular flexibility index (Phi) is 3.72. The molecule has 2 heterocycles. The van der Waals surface area contributed by atoms with Crippen LogP contribution < -0.4 is 5.32 Å². The number of nitrogens with one attached hydrogen (secondary N) is 1. The van der Waals surface area contributed by atoms with Crippen molar-refractivity contribution in [3.8, 4) is 0 Å². The standard InChI is InChI=1S/C11H11ClN2S/c12-11-4-3-10(15-11)8-14-7-9-2-1-5-13-6-9/h1-6,14H,7-8H2. The Morgan fingerprint density at radius 2 is 2.20 bits per heavy atom. The summed E-state index contributed by atoms with van der Waals surface area (Å²) in [5.74, 6) is 0. The number of pyridine rings is 1. The van der Waals surface area contributed by atoms with Crippen molar-refractivity contribution in [3.05, 3.63) is 51.4 Å². The zero-order valence-electron chi connectivity index (χ0n) is 8.11. The summed E-state index contributed by atoms with van der Waals surface area (Å²) in [6, 6.07) is 7.97. The molecule has 0 aliphatic rings. The lowest BCUT2D eigenvalue weighted by molar-refractivity contribution is 0.699. The van der Waals surface area contributed by atoms with Gasteiger partial charge in [-0.2, -0.15) is 0 Å². The second kappa shape index (κ2) is 5.26. The molecule has 0 aromatic carbocycles. The van der Waals surface area contributed by atoms with Gasteiger partial charge in [-0.15, -0.1) is 11.3 Å². The first-order valence-electron chi connectivity index (χ1n) is 4.68. The lowest BCUT2D eigenvalue weighted by atomic mass is 10.3. The summed E-state index contributed by atoms with van der Waals surface area (Å²) in [6.45, 7) is 1.69. The van der Waals surface area contributed by atoms with Gasteiger partial charge in [-0.1, -0.05) is 17.7 Å². The summed E-state index contributed by atoms with van der Waals surface area (Å²) >= 11 is 7.45. The quantitative estimate of drug-likeness (QED) is 0.886. The lowest BCUT2D eigenvalue weighted by Crippen LogP contribution is -2.11. The Hall–Kier alpha value is -0.900. The number of nitrogens with zero attached hydrogens (tertiary/aromatic N) is 1. The van der Waals surface area contributed by atoms with Crippen LogP contribution in [0.3, 0.4) is 0 Å². The Morgan fingerprint density at radius 1 is 1.27 bits per heavy atom. The van der Waals surface area contributed by atoms with E-state index in [-0.39, 0.29) is 0 Å². The SMILES string of the molecule is Clc1ccc(CNCc2cccnc2)s1. The van der Waals surface area contributed by atoms with Gasteiger partial charge in [0.15, 0.2) is 0 Å². The summed E-state index contributed by atoms with van der Waals surface area (Å²) < 4.78 is 0.841. The van der Waals surface area contributed by atoms with Gasteiger partial charge in [0.25, 0.3) is 0 Å². The molecule has 0 amide bonds. The fourth-order valence-corrected chi connectivity index (χ4v) is 2.34. The van der Waals surface area contributed by atoms with Crippen molar-refractivity contribution < 1.29 is 0 Å². The molecule has 78 valence electrons. The molecule has 2 aromatic rings. The molecular weight excluding hydrogens is 228 g/mol. The zero-order valence-corrected chi connectivity index (χ0v) is 9.68. The highest BCUT2D eigenvalue weighted by Crippen LogP contribution is 2.20. The van der Waals surface area contributed by atoms with Crippen LogP contribution in [-0.4, -0.2) is 4.98 Å². The highest BCUT2D eigenvalue weighted by molar-refractivity contribution is 7.16. The fraction of sp³-hybridized carbons (Fsp3) is 0.182. The molecule has 0 atom stereocenters. The second-order valence-corrected chi connectivity index (χ2v) is 4.97. The molecule has 0 aliphatic heterocycles. The molecule has 2 nitrogen and oxygen atoms in total. The molecule has 15 heavy (non-hydrogen) atoms. The van der Waals surface area contributed by atoms with Gasteiger partial charge in [-0.3, -0.25) is 4.98 Å². The molecular formula is C11H11ClN2S. The number of halogens is 1. The van der Waals surface area contributed by atoms with E-state index in [1.54, 1.807) is 17.5 Å². The highest BCUT2D eigenvalue weighted by atomic mass is 35.5. The molecule has 0 aliphatic carbocycles. The molecule has 2 aromatic heterocycles. The Morgan fingerprint density at radius 3 is 2.87 bits per heavy atom. The summed E-state index contributed by atoms with van der Waals surface area (Å²) in [6.07, 6.45) is 3.65. The monoisotopic (exact) mass is 238 g/mol. The fourth-order valence-electron chi connectivity index (χ4n) is 1.28. The largest absolute Gasteiger partial charge is 0.308 e. The molecule has 4 heteroatoms. The summed E-state index contributed by atoms with van der Waals surface area (Å²) in [7, 11) is 0. The van der Waals surface area contributed by atoms with E-state index in [0.717, 1.165) is 17.4 Å². The van der Waals surface area contributed by atoms with E-state index in [1.807, 2.05) is 24.4 Å². The predicted molar refractivity (Wildman–Crippen MR) is 64.1 cm³/mol. The minimum atomic E-state index is 0.837. The third-order valence-corrected chi connectivity index (χ3v) is 3.21. The summed E-state index contributed by atoms with van der Waals surface area (Å²) in [5.41, 5.74) is 1.19. The number of rotatable bonds is 4. The van der Waals surface area contributed by atoms with E-state index < -0.39 is 0 Å². The molecule has 0 unspecified atom stereocenters. The Labute approximate surface area is 97.9 Å². The van der Waals surface area contributed by atoms with Crippen LogP contribution in [0.25, 0.3) is 0 Å². The molecule has 2 rings (SSSR count). The van der Waals surface area contributed by atoms with Crippen LogP contribution in [0.5, 0.6) is 0 Å². The molecule has 0 spiro atoms. The number of aromatic nitrogens is 1. The normalized spacial score (nSPS) is 10.5. The van der Waals surface area contributed by atoms with E-state index in [9.17, 15) is 0 Å². The van der Waals surface area contributed by atoms with Crippen LogP contribution in [0.4, 0.5) is 0 Å². The number of thiophene rings is 1. The maximum absolute atomic E-state index is 5.84. The van der Waals surface area contributed by atoms with Gasteiger partial charge < -0.3 is 5.32 Å². The molecule has 0 fully saturated rings. The van der Waals surface area contributed by atoms with Crippen molar-refractivity contribution in [3.63, 3.8) is 0 Å². The molecule has 0 radical (unpaired) electrons. The van der Waals surface area contributed by atoms with Crippen molar-refractivity contribution >= 4 is 22.9 Å². The van der Waals surface area contributed by atoms with E-state index in [4.69, 9.17) is 11.6 Å². The van der Waals surface area contributed by atoms with Crippen LogP contribution in [0.15, 0.2) is 36.7 Å². The molecule has 1 N–H and O–H groups in total. The van der Waals surface area contributed by atoms with E-state index in [1.165, 1.54) is 10.4 Å². The topological polar surface area (TPSA) is 24.9 Å². The predicted octanol–water partition coefficient (Wildman–Crippen LogP) is 3.09. The highest BCUT2D eigenvalue weighted by Gasteiger charge is 1.97. The van der Waals surface area contributed by atoms with Crippen LogP contribution >= 0.6 is 22.9 Å². The Balaban J connectivity index is 1.80. The van der Waals surface area contributed by atoms with Crippen molar-refractivity contribution in [2.75, 3.05) is 0 Å². The average Bonchev–Trinajstić information content (AvgIpc) is 2.66. The maximum atomic E-state index is 5.84. The first-order valence-corrected chi connectivity index (χ1v) is 5.88. The van der Waals surface area contributed by atoms with E-state index >= 15 is 0 Å². The van der Waals surface area contributed by atoms with Crippen molar-refractivity contribution in [1.29, 1.82) is 0 Å².